The molecule has 0 radical (unpaired) electrons. The van der Waals surface area contributed by atoms with Gasteiger partial charge in [-0.25, -0.2) is 0 Å². The first-order chi connectivity index (χ1) is 4.63. The zero-order valence-electron chi connectivity index (χ0n) is 6.09. The molecule has 0 rings (SSSR count). The van der Waals surface area contributed by atoms with Gasteiger partial charge in [0.05, 0.1) is 0 Å². The topological polar surface area (TPSA) is 61.6 Å². The molecule has 0 fully saturated rings. The minimum atomic E-state index is -1.47. The van der Waals surface area contributed by atoms with Crippen LogP contribution in [0.15, 0.2) is 12.7 Å². The molecule has 0 bridgehead atoms. The lowest BCUT2D eigenvalue weighted by Gasteiger charge is -2.22. The van der Waals surface area contributed by atoms with Crippen molar-refractivity contribution in [1.29, 1.82) is 0 Å². The second-order valence-electron chi connectivity index (χ2n) is 1.64. The molecular formula is C6H11NO3. The summed E-state index contributed by atoms with van der Waals surface area (Å²) in [4.78, 5) is 10.6. The molecule has 0 aromatic carbocycles. The second kappa shape index (κ2) is 3.34. The van der Waals surface area contributed by atoms with Crippen LogP contribution < -0.4 is 5.73 Å². The van der Waals surface area contributed by atoms with E-state index >= 15 is 0 Å². The van der Waals surface area contributed by atoms with Gasteiger partial charge in [-0.15, -0.1) is 0 Å². The zero-order valence-corrected chi connectivity index (χ0v) is 6.09. The zero-order chi connectivity index (χ0) is 8.20. The van der Waals surface area contributed by atoms with Gasteiger partial charge in [0.1, 0.15) is 0 Å². The van der Waals surface area contributed by atoms with Crippen LogP contribution in [-0.2, 0) is 14.3 Å². The summed E-state index contributed by atoms with van der Waals surface area (Å²) in [5.41, 5.74) is 4.94. The van der Waals surface area contributed by atoms with Crippen molar-refractivity contribution in [2.45, 2.75) is 5.79 Å². The predicted molar refractivity (Wildman–Crippen MR) is 36.1 cm³/mol. The minimum absolute atomic E-state index is 0.715. The molecule has 58 valence electrons. The van der Waals surface area contributed by atoms with Crippen LogP contribution in [0.4, 0.5) is 0 Å². The van der Waals surface area contributed by atoms with Crippen LogP contribution in [0.1, 0.15) is 0 Å². The Hall–Kier alpha value is -0.870. The van der Waals surface area contributed by atoms with Crippen molar-refractivity contribution in [2.24, 2.45) is 5.73 Å². The third-order valence-corrected chi connectivity index (χ3v) is 1.22. The summed E-state index contributed by atoms with van der Waals surface area (Å²) in [6, 6.07) is 0. The molecule has 2 N–H and O–H groups in total. The van der Waals surface area contributed by atoms with Crippen LogP contribution >= 0.6 is 0 Å². The Kier molecular flexibility index (Phi) is 3.05. The van der Waals surface area contributed by atoms with Crippen molar-refractivity contribution in [3.63, 3.8) is 0 Å². The number of amides is 1. The Morgan fingerprint density at radius 1 is 1.60 bits per heavy atom. The molecule has 0 aliphatic carbocycles. The highest BCUT2D eigenvalue weighted by Crippen LogP contribution is 2.10. The number of hydrogen-bond acceptors (Lipinski definition) is 3. The van der Waals surface area contributed by atoms with E-state index in [-0.39, 0.29) is 0 Å². The van der Waals surface area contributed by atoms with Crippen molar-refractivity contribution in [3.05, 3.63) is 12.7 Å². The van der Waals surface area contributed by atoms with E-state index in [2.05, 4.69) is 16.1 Å². The first-order valence-corrected chi connectivity index (χ1v) is 2.66. The summed E-state index contributed by atoms with van der Waals surface area (Å²) < 4.78 is 9.37. The van der Waals surface area contributed by atoms with Crippen molar-refractivity contribution >= 4 is 5.91 Å². The molecule has 0 aromatic heterocycles. The first kappa shape index (κ1) is 9.13. The highest BCUT2D eigenvalue weighted by atomic mass is 16.7. The van der Waals surface area contributed by atoms with Gasteiger partial charge in [0, 0.05) is 14.2 Å². The van der Waals surface area contributed by atoms with Crippen LogP contribution in [0.3, 0.4) is 0 Å². The van der Waals surface area contributed by atoms with E-state index in [1.54, 1.807) is 0 Å². The summed E-state index contributed by atoms with van der Waals surface area (Å²) >= 11 is 0. The maximum absolute atomic E-state index is 10.6. The van der Waals surface area contributed by atoms with E-state index in [1.165, 1.54) is 20.3 Å². The van der Waals surface area contributed by atoms with Gasteiger partial charge in [-0.2, -0.15) is 0 Å². The van der Waals surface area contributed by atoms with E-state index in [1.807, 2.05) is 0 Å². The first-order valence-electron chi connectivity index (χ1n) is 2.66. The molecule has 0 aliphatic rings. The average Bonchev–Trinajstić information content (AvgIpc) is 1.92. The Balaban J connectivity index is 4.46. The Morgan fingerprint density at radius 3 is 2.00 bits per heavy atom. The summed E-state index contributed by atoms with van der Waals surface area (Å²) in [5.74, 6) is -2.19. The van der Waals surface area contributed by atoms with Gasteiger partial charge >= 0.3 is 0 Å². The molecule has 0 heterocycles. The molecule has 0 unspecified atom stereocenters. The molecule has 0 spiro atoms. The minimum Gasteiger partial charge on any atom is -0.365 e. The normalized spacial score (nSPS) is 11.0. The van der Waals surface area contributed by atoms with E-state index in [0.29, 0.717) is 0 Å². The number of carbonyl (C=O) groups excluding carboxylic acids is 1. The SMILES string of the molecule is C=CC(OC)(OC)C(N)=O. The van der Waals surface area contributed by atoms with Gasteiger partial charge in [0.15, 0.2) is 0 Å². The maximum atomic E-state index is 10.6. The van der Waals surface area contributed by atoms with Crippen LogP contribution in [0.2, 0.25) is 0 Å². The van der Waals surface area contributed by atoms with Crippen molar-refractivity contribution < 1.29 is 14.3 Å². The number of ether oxygens (including phenoxy) is 2. The van der Waals surface area contributed by atoms with Gasteiger partial charge in [0.25, 0.3) is 11.7 Å². The molecule has 0 aliphatic heterocycles. The van der Waals surface area contributed by atoms with Gasteiger partial charge in [-0.05, 0) is 6.08 Å². The molecule has 4 heteroatoms. The smallest absolute Gasteiger partial charge is 0.282 e. The number of primary amides is 1. The van der Waals surface area contributed by atoms with E-state index in [0.717, 1.165) is 0 Å². The van der Waals surface area contributed by atoms with E-state index in [9.17, 15) is 4.79 Å². The van der Waals surface area contributed by atoms with E-state index in [4.69, 9.17) is 5.73 Å². The van der Waals surface area contributed by atoms with Crippen molar-refractivity contribution in [1.82, 2.24) is 0 Å². The molecule has 0 aromatic rings. The summed E-state index contributed by atoms with van der Waals surface area (Å²) in [6.07, 6.45) is 1.20. The fraction of sp³-hybridized carbons (Fsp3) is 0.500. The lowest BCUT2D eigenvalue weighted by Crippen LogP contribution is -2.45. The summed E-state index contributed by atoms with van der Waals surface area (Å²) in [6.45, 7) is 3.35. The van der Waals surface area contributed by atoms with Crippen LogP contribution in [0.25, 0.3) is 0 Å². The Labute approximate surface area is 59.6 Å². The number of nitrogens with two attached hydrogens (primary N) is 1. The molecule has 0 saturated heterocycles. The largest absolute Gasteiger partial charge is 0.365 e. The van der Waals surface area contributed by atoms with Gasteiger partial charge in [-0.3, -0.25) is 4.79 Å². The van der Waals surface area contributed by atoms with Crippen LogP contribution in [-0.4, -0.2) is 25.9 Å². The van der Waals surface area contributed by atoms with Crippen molar-refractivity contribution in [3.8, 4) is 0 Å². The highest BCUT2D eigenvalue weighted by molar-refractivity contribution is 5.83. The van der Waals surface area contributed by atoms with Crippen LogP contribution in [0.5, 0.6) is 0 Å². The van der Waals surface area contributed by atoms with Gasteiger partial charge in [0.2, 0.25) is 0 Å². The lowest BCUT2D eigenvalue weighted by molar-refractivity contribution is -0.184. The molecule has 0 atom stereocenters. The Bertz CT molecular complexity index is 140. The van der Waals surface area contributed by atoms with E-state index < -0.39 is 11.7 Å². The third kappa shape index (κ3) is 1.34. The maximum Gasteiger partial charge on any atom is 0.282 e. The molecule has 1 amide bonds. The third-order valence-electron chi connectivity index (χ3n) is 1.22. The standard InChI is InChI=1S/C6H11NO3/c1-4-6(9-2,10-3)5(7)8/h4H,1H2,2-3H3,(H2,7,8). The quantitative estimate of drug-likeness (QED) is 0.434. The molecular weight excluding hydrogens is 134 g/mol. The van der Waals surface area contributed by atoms with Crippen molar-refractivity contribution in [2.75, 3.05) is 14.2 Å². The number of carbonyl (C=O) groups is 1. The number of hydrogen-bond donors (Lipinski definition) is 1. The average molecular weight is 145 g/mol. The van der Waals surface area contributed by atoms with Gasteiger partial charge < -0.3 is 15.2 Å². The van der Waals surface area contributed by atoms with Crippen LogP contribution in [0, 0.1) is 0 Å². The molecule has 4 nitrogen and oxygen atoms in total. The van der Waals surface area contributed by atoms with Gasteiger partial charge in [-0.1, -0.05) is 6.58 Å². The predicted octanol–water partition coefficient (Wildman–Crippen LogP) is -0.353. The highest BCUT2D eigenvalue weighted by Gasteiger charge is 2.32. The lowest BCUT2D eigenvalue weighted by atomic mass is 10.2. The second-order valence-corrected chi connectivity index (χ2v) is 1.64. The fourth-order valence-electron chi connectivity index (χ4n) is 0.552. The Morgan fingerprint density at radius 2 is 2.00 bits per heavy atom. The number of methoxy groups -OCH3 is 2. The molecule has 0 saturated carbocycles. The summed E-state index contributed by atoms with van der Waals surface area (Å²) in [7, 11) is 2.63. The summed E-state index contributed by atoms with van der Waals surface area (Å²) in [5, 5.41) is 0. The number of rotatable bonds is 4. The monoisotopic (exact) mass is 145 g/mol. The fourth-order valence-corrected chi connectivity index (χ4v) is 0.552. The molecule has 10 heavy (non-hydrogen) atoms.